The van der Waals surface area contributed by atoms with E-state index in [9.17, 15) is 4.79 Å². The van der Waals surface area contributed by atoms with Gasteiger partial charge >= 0.3 is 0 Å². The summed E-state index contributed by atoms with van der Waals surface area (Å²) in [4.78, 5) is 12.0. The van der Waals surface area contributed by atoms with Crippen LogP contribution < -0.4 is 5.32 Å². The molecule has 3 nitrogen and oxygen atoms in total. The second-order valence-corrected chi connectivity index (χ2v) is 5.30. The molecule has 3 heteroatoms. The highest BCUT2D eigenvalue weighted by molar-refractivity contribution is 5.96. The van der Waals surface area contributed by atoms with Crippen molar-refractivity contribution < 1.29 is 9.21 Å². The minimum atomic E-state index is 0.00833. The number of unbranched alkanes of at least 4 members (excludes halogenated alkanes) is 1. The van der Waals surface area contributed by atoms with Crippen LogP contribution in [0.5, 0.6) is 0 Å². The maximum absolute atomic E-state index is 12.0. The molecule has 94 valence electrons. The predicted molar refractivity (Wildman–Crippen MR) is 67.2 cm³/mol. The fraction of sp³-hybridized carbons (Fsp3) is 0.643. The summed E-state index contributed by atoms with van der Waals surface area (Å²) < 4.78 is 5.61. The lowest BCUT2D eigenvalue weighted by molar-refractivity contribution is 0.0934. The largest absolute Gasteiger partial charge is 0.466 e. The van der Waals surface area contributed by atoms with Crippen LogP contribution in [0.25, 0.3) is 0 Å². The van der Waals surface area contributed by atoms with Gasteiger partial charge in [-0.05, 0) is 39.2 Å². The van der Waals surface area contributed by atoms with E-state index in [1.807, 2.05) is 13.0 Å². The monoisotopic (exact) mass is 235 g/mol. The van der Waals surface area contributed by atoms with Gasteiger partial charge < -0.3 is 9.73 Å². The molecule has 0 unspecified atom stereocenters. The number of carbonyl (C=O) groups excluding carboxylic acids is 1. The average Bonchev–Trinajstić information content (AvgIpc) is 2.87. The number of rotatable bonds is 5. The van der Waals surface area contributed by atoms with E-state index >= 15 is 0 Å². The van der Waals surface area contributed by atoms with E-state index in [1.165, 1.54) is 0 Å². The zero-order chi connectivity index (χ0) is 12.5. The van der Waals surface area contributed by atoms with E-state index in [-0.39, 0.29) is 11.4 Å². The third kappa shape index (κ3) is 2.90. The van der Waals surface area contributed by atoms with Crippen molar-refractivity contribution in [1.29, 1.82) is 0 Å². The number of carbonyl (C=O) groups is 1. The molecule has 2 rings (SSSR count). The Morgan fingerprint density at radius 2 is 2.24 bits per heavy atom. The second kappa shape index (κ2) is 4.55. The third-order valence-electron chi connectivity index (χ3n) is 3.41. The normalized spacial score (nSPS) is 16.9. The molecule has 1 amide bonds. The number of hydrogen-bond donors (Lipinski definition) is 1. The zero-order valence-corrected chi connectivity index (χ0v) is 10.9. The molecule has 1 saturated carbocycles. The molecule has 1 N–H and O–H groups in total. The van der Waals surface area contributed by atoms with Crippen LogP contribution in [0.15, 0.2) is 10.5 Å². The van der Waals surface area contributed by atoms with E-state index < -0.39 is 0 Å². The van der Waals surface area contributed by atoms with E-state index in [1.54, 1.807) is 0 Å². The molecule has 0 atom stereocenters. The van der Waals surface area contributed by atoms with Crippen molar-refractivity contribution in [3.05, 3.63) is 23.2 Å². The molecule has 0 radical (unpaired) electrons. The molecule has 1 aromatic heterocycles. The van der Waals surface area contributed by atoms with Crippen molar-refractivity contribution >= 4 is 5.91 Å². The Morgan fingerprint density at radius 1 is 1.53 bits per heavy atom. The van der Waals surface area contributed by atoms with Gasteiger partial charge in [0.25, 0.3) is 5.91 Å². The van der Waals surface area contributed by atoms with Gasteiger partial charge in [-0.25, -0.2) is 0 Å². The Hall–Kier alpha value is -1.25. The van der Waals surface area contributed by atoms with Gasteiger partial charge in [-0.15, -0.1) is 0 Å². The molecule has 1 fully saturated rings. The maximum atomic E-state index is 12.0. The van der Waals surface area contributed by atoms with Crippen LogP contribution in [0.2, 0.25) is 0 Å². The highest BCUT2D eigenvalue weighted by Crippen LogP contribution is 2.34. The van der Waals surface area contributed by atoms with Crippen molar-refractivity contribution in [2.24, 2.45) is 0 Å². The lowest BCUT2D eigenvalue weighted by Gasteiger charge is -2.10. The Bertz CT molecular complexity index is 416. The average molecular weight is 235 g/mol. The van der Waals surface area contributed by atoms with Crippen LogP contribution in [-0.2, 0) is 6.42 Å². The number of aryl methyl sites for hydroxylation is 2. The summed E-state index contributed by atoms with van der Waals surface area (Å²) in [6, 6.07) is 1.89. The molecule has 0 saturated heterocycles. The van der Waals surface area contributed by atoms with Crippen molar-refractivity contribution in [2.75, 3.05) is 0 Å². The molecule has 1 aliphatic rings. The van der Waals surface area contributed by atoms with Gasteiger partial charge in [0.15, 0.2) is 0 Å². The van der Waals surface area contributed by atoms with Crippen molar-refractivity contribution in [2.45, 2.75) is 58.4 Å². The van der Waals surface area contributed by atoms with Crippen LogP contribution in [-0.4, -0.2) is 11.4 Å². The number of hydrogen-bond acceptors (Lipinski definition) is 2. The Morgan fingerprint density at radius 3 is 2.82 bits per heavy atom. The molecule has 0 aromatic carbocycles. The van der Waals surface area contributed by atoms with Gasteiger partial charge in [0.05, 0.1) is 5.56 Å². The summed E-state index contributed by atoms with van der Waals surface area (Å²) in [6.07, 6.45) is 5.32. The Kier molecular flexibility index (Phi) is 3.27. The lowest BCUT2D eigenvalue weighted by atomic mass is 10.1. The summed E-state index contributed by atoms with van der Waals surface area (Å²) in [7, 11) is 0. The standard InChI is InChI=1S/C14H21NO2/c1-4-5-6-11-9-12(10(2)17-11)13(16)15-14(3)7-8-14/h9H,4-8H2,1-3H3,(H,15,16). The first-order chi connectivity index (χ1) is 8.04. The van der Waals surface area contributed by atoms with Gasteiger partial charge in [0.1, 0.15) is 11.5 Å². The van der Waals surface area contributed by atoms with Crippen LogP contribution in [0, 0.1) is 6.92 Å². The van der Waals surface area contributed by atoms with Crippen LogP contribution in [0.1, 0.15) is 61.4 Å². The Balaban J connectivity index is 2.04. The van der Waals surface area contributed by atoms with E-state index in [2.05, 4.69) is 19.2 Å². The van der Waals surface area contributed by atoms with Crippen LogP contribution in [0.3, 0.4) is 0 Å². The fourth-order valence-corrected chi connectivity index (χ4v) is 1.90. The molecule has 17 heavy (non-hydrogen) atoms. The van der Waals surface area contributed by atoms with E-state index in [4.69, 9.17) is 4.42 Å². The zero-order valence-electron chi connectivity index (χ0n) is 10.9. The summed E-state index contributed by atoms with van der Waals surface area (Å²) in [5.41, 5.74) is 0.730. The molecule has 0 bridgehead atoms. The van der Waals surface area contributed by atoms with Gasteiger partial charge in [-0.3, -0.25) is 4.79 Å². The summed E-state index contributed by atoms with van der Waals surface area (Å²) >= 11 is 0. The first-order valence-electron chi connectivity index (χ1n) is 6.46. The van der Waals surface area contributed by atoms with E-state index in [0.717, 1.165) is 43.6 Å². The van der Waals surface area contributed by atoms with Gasteiger partial charge in [0.2, 0.25) is 0 Å². The number of furan rings is 1. The lowest BCUT2D eigenvalue weighted by Crippen LogP contribution is -2.34. The van der Waals surface area contributed by atoms with Crippen molar-refractivity contribution in [3.8, 4) is 0 Å². The van der Waals surface area contributed by atoms with Gasteiger partial charge in [0, 0.05) is 12.0 Å². The highest BCUT2D eigenvalue weighted by atomic mass is 16.3. The third-order valence-corrected chi connectivity index (χ3v) is 3.41. The molecular formula is C14H21NO2. The molecule has 1 aromatic rings. The van der Waals surface area contributed by atoms with Crippen LogP contribution >= 0.6 is 0 Å². The van der Waals surface area contributed by atoms with E-state index in [0.29, 0.717) is 5.56 Å². The second-order valence-electron chi connectivity index (χ2n) is 5.30. The number of amides is 1. The first-order valence-corrected chi connectivity index (χ1v) is 6.46. The molecule has 1 heterocycles. The van der Waals surface area contributed by atoms with Crippen molar-refractivity contribution in [3.63, 3.8) is 0 Å². The topological polar surface area (TPSA) is 42.2 Å². The first kappa shape index (κ1) is 12.2. The minimum Gasteiger partial charge on any atom is -0.466 e. The molecular weight excluding hydrogens is 214 g/mol. The maximum Gasteiger partial charge on any atom is 0.255 e. The SMILES string of the molecule is CCCCc1cc(C(=O)NC2(C)CC2)c(C)o1. The van der Waals surface area contributed by atoms with Gasteiger partial charge in [-0.1, -0.05) is 13.3 Å². The minimum absolute atomic E-state index is 0.00833. The summed E-state index contributed by atoms with van der Waals surface area (Å²) in [5.74, 6) is 1.67. The quantitative estimate of drug-likeness (QED) is 0.851. The fourth-order valence-electron chi connectivity index (χ4n) is 1.90. The predicted octanol–water partition coefficient (Wildman–Crippen LogP) is 3.21. The van der Waals surface area contributed by atoms with Crippen LogP contribution in [0.4, 0.5) is 0 Å². The molecule has 1 aliphatic carbocycles. The highest BCUT2D eigenvalue weighted by Gasteiger charge is 2.39. The van der Waals surface area contributed by atoms with Gasteiger partial charge in [-0.2, -0.15) is 0 Å². The number of nitrogens with one attached hydrogen (secondary N) is 1. The summed E-state index contributed by atoms with van der Waals surface area (Å²) in [6.45, 7) is 6.09. The van der Waals surface area contributed by atoms with Crippen molar-refractivity contribution in [1.82, 2.24) is 5.32 Å². The molecule has 0 spiro atoms. The summed E-state index contributed by atoms with van der Waals surface area (Å²) in [5, 5.41) is 3.06. The Labute approximate surface area is 103 Å². The molecule has 0 aliphatic heterocycles. The smallest absolute Gasteiger partial charge is 0.255 e.